The third-order valence-electron chi connectivity index (χ3n) is 3.14. The van der Waals surface area contributed by atoms with Crippen molar-refractivity contribution in [3.05, 3.63) is 33.8 Å². The Balaban J connectivity index is 1.98. The van der Waals surface area contributed by atoms with Gasteiger partial charge in [0.15, 0.2) is 0 Å². The van der Waals surface area contributed by atoms with Crippen molar-refractivity contribution >= 4 is 23.2 Å². The first-order valence-electron chi connectivity index (χ1n) is 5.30. The lowest BCUT2D eigenvalue weighted by molar-refractivity contribution is 0.259. The summed E-state index contributed by atoms with van der Waals surface area (Å²) in [6.45, 7) is 1.12. The van der Waals surface area contributed by atoms with Crippen LogP contribution in [0.4, 0.5) is 0 Å². The Bertz CT molecular complexity index is 345. The van der Waals surface area contributed by atoms with Gasteiger partial charge in [0.2, 0.25) is 0 Å². The average Bonchev–Trinajstić information content (AvgIpc) is 2.16. The fourth-order valence-corrected chi connectivity index (χ4v) is 2.54. The second kappa shape index (κ2) is 4.73. The molecule has 15 heavy (non-hydrogen) atoms. The molecule has 0 atom stereocenters. The summed E-state index contributed by atoms with van der Waals surface area (Å²) in [5.41, 5.74) is 1.33. The minimum atomic E-state index is 0.645. The van der Waals surface area contributed by atoms with Crippen LogP contribution in [0.2, 0.25) is 10.0 Å². The zero-order chi connectivity index (χ0) is 10.8. The van der Waals surface area contributed by atoms with Crippen molar-refractivity contribution in [2.24, 2.45) is 5.92 Å². The van der Waals surface area contributed by atoms with Crippen LogP contribution < -0.4 is 5.32 Å². The van der Waals surface area contributed by atoms with Crippen LogP contribution in [-0.4, -0.2) is 13.6 Å². The fourth-order valence-electron chi connectivity index (χ4n) is 2.23. The fraction of sp³-hybridized carbons (Fsp3) is 0.500. The topological polar surface area (TPSA) is 12.0 Å². The second-order valence-electron chi connectivity index (χ2n) is 4.27. The molecular formula is C12H15Cl2N. The maximum atomic E-state index is 5.99. The van der Waals surface area contributed by atoms with E-state index >= 15 is 0 Å². The molecule has 0 spiro atoms. The number of hydrogen-bond donors (Lipinski definition) is 1. The van der Waals surface area contributed by atoms with E-state index < -0.39 is 0 Å². The number of hydrogen-bond acceptors (Lipinski definition) is 1. The van der Waals surface area contributed by atoms with E-state index in [9.17, 15) is 0 Å². The molecule has 1 aromatic carbocycles. The summed E-state index contributed by atoms with van der Waals surface area (Å²) in [6.07, 6.45) is 2.53. The number of nitrogens with one attached hydrogen (secondary N) is 1. The minimum Gasteiger partial charge on any atom is -0.319 e. The SMILES string of the molecule is CNCC1CC(c2ccc(Cl)c(Cl)c2)C1. The van der Waals surface area contributed by atoms with Gasteiger partial charge in [0, 0.05) is 0 Å². The van der Waals surface area contributed by atoms with Crippen LogP contribution in [0.5, 0.6) is 0 Å². The highest BCUT2D eigenvalue weighted by atomic mass is 35.5. The monoisotopic (exact) mass is 243 g/mol. The molecule has 2 rings (SSSR count). The van der Waals surface area contributed by atoms with Crippen molar-refractivity contribution in [2.75, 3.05) is 13.6 Å². The summed E-state index contributed by atoms with van der Waals surface area (Å²) >= 11 is 11.9. The van der Waals surface area contributed by atoms with Gasteiger partial charge in [-0.1, -0.05) is 29.3 Å². The number of rotatable bonds is 3. The first-order chi connectivity index (χ1) is 7.20. The summed E-state index contributed by atoms with van der Waals surface area (Å²) in [4.78, 5) is 0. The zero-order valence-electron chi connectivity index (χ0n) is 8.76. The third kappa shape index (κ3) is 2.47. The first-order valence-corrected chi connectivity index (χ1v) is 6.06. The molecule has 1 aliphatic rings. The van der Waals surface area contributed by atoms with Crippen LogP contribution in [0.1, 0.15) is 24.3 Å². The molecule has 3 heteroatoms. The molecule has 0 radical (unpaired) electrons. The molecule has 0 aromatic heterocycles. The predicted molar refractivity (Wildman–Crippen MR) is 65.9 cm³/mol. The molecule has 0 amide bonds. The summed E-state index contributed by atoms with van der Waals surface area (Å²) in [5.74, 6) is 1.51. The largest absolute Gasteiger partial charge is 0.319 e. The van der Waals surface area contributed by atoms with Crippen LogP contribution in [-0.2, 0) is 0 Å². The summed E-state index contributed by atoms with van der Waals surface area (Å²) in [7, 11) is 2.01. The van der Waals surface area contributed by atoms with E-state index in [1.54, 1.807) is 0 Å². The predicted octanol–water partition coefficient (Wildman–Crippen LogP) is 3.71. The molecule has 1 saturated carbocycles. The molecule has 0 bridgehead atoms. The number of halogens is 2. The van der Waals surface area contributed by atoms with E-state index in [1.807, 2.05) is 19.2 Å². The van der Waals surface area contributed by atoms with Crippen molar-refractivity contribution in [1.82, 2.24) is 5.32 Å². The molecule has 1 fully saturated rings. The van der Waals surface area contributed by atoms with E-state index in [4.69, 9.17) is 23.2 Å². The first kappa shape index (κ1) is 11.3. The molecule has 0 aliphatic heterocycles. The van der Waals surface area contributed by atoms with E-state index in [-0.39, 0.29) is 0 Å². The van der Waals surface area contributed by atoms with Crippen molar-refractivity contribution in [3.8, 4) is 0 Å². The van der Waals surface area contributed by atoms with Crippen molar-refractivity contribution in [3.63, 3.8) is 0 Å². The van der Waals surface area contributed by atoms with Crippen LogP contribution in [0, 0.1) is 5.92 Å². The summed E-state index contributed by atoms with van der Waals surface area (Å²) < 4.78 is 0. The lowest BCUT2D eigenvalue weighted by Gasteiger charge is -2.35. The van der Waals surface area contributed by atoms with Gasteiger partial charge < -0.3 is 5.32 Å². The molecular weight excluding hydrogens is 229 g/mol. The van der Waals surface area contributed by atoms with Gasteiger partial charge in [-0.15, -0.1) is 0 Å². The Kier molecular flexibility index (Phi) is 3.55. The van der Waals surface area contributed by atoms with Crippen molar-refractivity contribution in [2.45, 2.75) is 18.8 Å². The summed E-state index contributed by atoms with van der Waals surface area (Å²) in [5, 5.41) is 4.53. The molecule has 0 heterocycles. The summed E-state index contributed by atoms with van der Waals surface area (Å²) in [6, 6.07) is 5.99. The molecule has 1 aliphatic carbocycles. The van der Waals surface area contributed by atoms with Crippen LogP contribution in [0.25, 0.3) is 0 Å². The lowest BCUT2D eigenvalue weighted by Crippen LogP contribution is -2.30. The van der Waals surface area contributed by atoms with Gasteiger partial charge in [-0.3, -0.25) is 0 Å². The molecule has 0 saturated heterocycles. The van der Waals surface area contributed by atoms with Crippen LogP contribution in [0.3, 0.4) is 0 Å². The highest BCUT2D eigenvalue weighted by Gasteiger charge is 2.29. The Labute approximate surface area is 101 Å². The van der Waals surface area contributed by atoms with E-state index in [0.717, 1.165) is 12.5 Å². The average molecular weight is 244 g/mol. The Morgan fingerprint density at radius 2 is 2.00 bits per heavy atom. The van der Waals surface area contributed by atoms with Gasteiger partial charge in [0.1, 0.15) is 0 Å². The van der Waals surface area contributed by atoms with Gasteiger partial charge in [-0.05, 0) is 56.0 Å². The van der Waals surface area contributed by atoms with Gasteiger partial charge in [-0.25, -0.2) is 0 Å². The Morgan fingerprint density at radius 3 is 2.60 bits per heavy atom. The smallest absolute Gasteiger partial charge is 0.0595 e. The maximum Gasteiger partial charge on any atom is 0.0595 e. The van der Waals surface area contributed by atoms with Crippen LogP contribution >= 0.6 is 23.2 Å². The van der Waals surface area contributed by atoms with E-state index in [1.165, 1.54) is 18.4 Å². The quantitative estimate of drug-likeness (QED) is 0.854. The van der Waals surface area contributed by atoms with Crippen LogP contribution in [0.15, 0.2) is 18.2 Å². The van der Waals surface area contributed by atoms with E-state index in [2.05, 4.69) is 11.4 Å². The number of benzene rings is 1. The normalized spacial score (nSPS) is 25.0. The lowest BCUT2D eigenvalue weighted by atomic mass is 9.71. The zero-order valence-corrected chi connectivity index (χ0v) is 10.3. The van der Waals surface area contributed by atoms with Gasteiger partial charge in [0.25, 0.3) is 0 Å². The molecule has 1 nitrogen and oxygen atoms in total. The van der Waals surface area contributed by atoms with Gasteiger partial charge in [0.05, 0.1) is 10.0 Å². The third-order valence-corrected chi connectivity index (χ3v) is 3.88. The maximum absolute atomic E-state index is 5.99. The molecule has 1 N–H and O–H groups in total. The van der Waals surface area contributed by atoms with Gasteiger partial charge >= 0.3 is 0 Å². The minimum absolute atomic E-state index is 0.645. The highest BCUT2D eigenvalue weighted by Crippen LogP contribution is 2.42. The highest BCUT2D eigenvalue weighted by molar-refractivity contribution is 6.42. The molecule has 1 aromatic rings. The van der Waals surface area contributed by atoms with E-state index in [0.29, 0.717) is 16.0 Å². The van der Waals surface area contributed by atoms with Gasteiger partial charge in [-0.2, -0.15) is 0 Å². The Hall–Kier alpha value is -0.240. The van der Waals surface area contributed by atoms with Crippen molar-refractivity contribution in [1.29, 1.82) is 0 Å². The Morgan fingerprint density at radius 1 is 1.27 bits per heavy atom. The standard InChI is InChI=1S/C12H15Cl2N/c1-15-7-8-4-10(5-8)9-2-3-11(13)12(14)6-9/h2-3,6,8,10,15H,4-5,7H2,1H3. The second-order valence-corrected chi connectivity index (χ2v) is 5.08. The van der Waals surface area contributed by atoms with Crippen molar-refractivity contribution < 1.29 is 0 Å². The molecule has 0 unspecified atom stereocenters. The molecule has 82 valence electrons.